The van der Waals surface area contributed by atoms with Crippen molar-refractivity contribution in [3.8, 4) is 0 Å². The minimum absolute atomic E-state index is 0.00579. The van der Waals surface area contributed by atoms with Gasteiger partial charge >= 0.3 is 0 Å². The summed E-state index contributed by atoms with van der Waals surface area (Å²) in [6.07, 6.45) is 8.38. The van der Waals surface area contributed by atoms with E-state index in [0.29, 0.717) is 37.8 Å². The van der Waals surface area contributed by atoms with E-state index in [1.54, 1.807) is 12.3 Å². The number of aromatic nitrogens is 2. The van der Waals surface area contributed by atoms with Gasteiger partial charge in [-0.2, -0.15) is 5.10 Å². The number of H-pyrrole nitrogens is 1. The van der Waals surface area contributed by atoms with E-state index in [1.165, 1.54) is 0 Å². The molecule has 0 bridgehead atoms. The molecule has 0 spiro atoms. The first kappa shape index (κ1) is 18.5. The number of nitrogens with zero attached hydrogens (tertiary/aromatic N) is 3. The molecule has 2 aliphatic rings. The number of rotatable bonds is 4. The number of hydrogen-bond donors (Lipinski definition) is 1. The van der Waals surface area contributed by atoms with Crippen molar-refractivity contribution in [1.82, 2.24) is 20.0 Å². The third-order valence-electron chi connectivity index (χ3n) is 5.85. The van der Waals surface area contributed by atoms with Crippen LogP contribution in [0.5, 0.6) is 0 Å². The fourth-order valence-electron chi connectivity index (χ4n) is 4.26. The van der Waals surface area contributed by atoms with Gasteiger partial charge in [0.05, 0.1) is 0 Å². The number of piperidine rings is 1. The summed E-state index contributed by atoms with van der Waals surface area (Å²) in [5, 5.41) is 6.60. The predicted molar refractivity (Wildman–Crippen MR) is 106 cm³/mol. The van der Waals surface area contributed by atoms with Crippen molar-refractivity contribution in [2.45, 2.75) is 25.8 Å². The van der Waals surface area contributed by atoms with Crippen LogP contribution >= 0.6 is 0 Å². The summed E-state index contributed by atoms with van der Waals surface area (Å²) in [4.78, 5) is 29.6. The van der Waals surface area contributed by atoms with Crippen molar-refractivity contribution in [3.63, 3.8) is 0 Å². The normalized spacial score (nSPS) is 21.0. The lowest BCUT2D eigenvalue weighted by atomic mass is 9.81. The zero-order valence-electron chi connectivity index (χ0n) is 16.0. The van der Waals surface area contributed by atoms with Gasteiger partial charge in [-0.3, -0.25) is 14.7 Å². The number of nitrogens with one attached hydrogen (secondary N) is 1. The van der Waals surface area contributed by atoms with Crippen LogP contribution < -0.4 is 0 Å². The number of likely N-dealkylation sites (tertiary alicyclic amines) is 1. The maximum atomic E-state index is 13.2. The van der Waals surface area contributed by atoms with E-state index in [-0.39, 0.29) is 17.7 Å². The van der Waals surface area contributed by atoms with E-state index in [2.05, 4.69) is 34.5 Å². The first-order valence-electron chi connectivity index (χ1n) is 9.99. The van der Waals surface area contributed by atoms with E-state index in [1.807, 2.05) is 28.0 Å². The Labute approximate surface area is 165 Å². The van der Waals surface area contributed by atoms with E-state index in [4.69, 9.17) is 0 Å². The Hall–Kier alpha value is -2.89. The van der Waals surface area contributed by atoms with Crippen molar-refractivity contribution >= 4 is 11.8 Å². The number of amides is 2. The highest BCUT2D eigenvalue weighted by Crippen LogP contribution is 2.31. The highest BCUT2D eigenvalue weighted by Gasteiger charge is 2.35. The summed E-state index contributed by atoms with van der Waals surface area (Å²) in [5.41, 5.74) is 1.69. The Bertz CT molecular complexity index is 823. The molecule has 6 heteroatoms. The predicted octanol–water partition coefficient (Wildman–Crippen LogP) is 2.87. The molecule has 146 valence electrons. The molecule has 3 heterocycles. The molecule has 28 heavy (non-hydrogen) atoms. The molecule has 0 saturated carbocycles. The molecule has 1 saturated heterocycles. The zero-order chi connectivity index (χ0) is 19.3. The Morgan fingerprint density at radius 1 is 1.11 bits per heavy atom. The molecule has 0 unspecified atom stereocenters. The van der Waals surface area contributed by atoms with Crippen molar-refractivity contribution in [2.75, 3.05) is 19.6 Å². The van der Waals surface area contributed by atoms with Gasteiger partial charge in [0.15, 0.2) is 0 Å². The number of benzene rings is 1. The Kier molecular flexibility index (Phi) is 5.55. The first-order valence-corrected chi connectivity index (χ1v) is 9.99. The van der Waals surface area contributed by atoms with Gasteiger partial charge in [-0.05, 0) is 36.8 Å². The van der Waals surface area contributed by atoms with Gasteiger partial charge in [-0.1, -0.05) is 42.5 Å². The molecule has 1 aromatic carbocycles. The van der Waals surface area contributed by atoms with Gasteiger partial charge in [0, 0.05) is 38.3 Å². The maximum Gasteiger partial charge on any atom is 0.271 e. The summed E-state index contributed by atoms with van der Waals surface area (Å²) >= 11 is 0. The summed E-state index contributed by atoms with van der Waals surface area (Å²) in [5.74, 6) is 0.562. The van der Waals surface area contributed by atoms with Crippen LogP contribution in [0.25, 0.3) is 0 Å². The Morgan fingerprint density at radius 2 is 1.89 bits per heavy atom. The smallest absolute Gasteiger partial charge is 0.271 e. The lowest BCUT2D eigenvalue weighted by molar-refractivity contribution is -0.137. The van der Waals surface area contributed by atoms with Crippen LogP contribution in [-0.2, 0) is 11.3 Å². The monoisotopic (exact) mass is 378 g/mol. The highest BCUT2D eigenvalue weighted by molar-refractivity contribution is 5.92. The highest BCUT2D eigenvalue weighted by atomic mass is 16.2. The molecule has 1 N–H and O–H groups in total. The van der Waals surface area contributed by atoms with Crippen LogP contribution in [0.3, 0.4) is 0 Å². The molecule has 0 radical (unpaired) electrons. The Morgan fingerprint density at radius 3 is 2.61 bits per heavy atom. The fourth-order valence-corrected chi connectivity index (χ4v) is 4.26. The van der Waals surface area contributed by atoms with Crippen LogP contribution in [0, 0.1) is 11.8 Å². The van der Waals surface area contributed by atoms with Crippen LogP contribution in [0.4, 0.5) is 0 Å². The largest absolute Gasteiger partial charge is 0.337 e. The van der Waals surface area contributed by atoms with Gasteiger partial charge in [-0.25, -0.2) is 0 Å². The molecule has 4 rings (SSSR count). The second-order valence-corrected chi connectivity index (χ2v) is 7.62. The quantitative estimate of drug-likeness (QED) is 0.832. The van der Waals surface area contributed by atoms with E-state index < -0.39 is 0 Å². The van der Waals surface area contributed by atoms with Crippen LogP contribution in [0.1, 0.15) is 35.3 Å². The van der Waals surface area contributed by atoms with Gasteiger partial charge in [0.2, 0.25) is 5.91 Å². The molecular weight excluding hydrogens is 352 g/mol. The van der Waals surface area contributed by atoms with Crippen LogP contribution in [-0.4, -0.2) is 51.4 Å². The maximum absolute atomic E-state index is 13.2. The molecule has 6 nitrogen and oxygen atoms in total. The third kappa shape index (κ3) is 4.01. The second-order valence-electron chi connectivity index (χ2n) is 7.62. The number of hydrogen-bond acceptors (Lipinski definition) is 3. The molecule has 0 aliphatic carbocycles. The standard InChI is InChI=1S/C22H26N4O2/c27-21-19(8-4-5-13-26(21)16-17-6-2-1-3-7-17)18-10-14-25(15-11-18)22(28)20-9-12-23-24-20/h1-7,9,12,18-19H,8,10-11,13-16H2,(H,23,24)/t19-/m1/s1. The molecule has 2 aliphatic heterocycles. The SMILES string of the molecule is O=C(c1ccn[nH]1)N1CCC([C@H]2CC=CCN(Cc3ccccc3)C2=O)CC1. The van der Waals surface area contributed by atoms with Crippen molar-refractivity contribution in [1.29, 1.82) is 0 Å². The van der Waals surface area contributed by atoms with Crippen molar-refractivity contribution in [2.24, 2.45) is 11.8 Å². The fraction of sp³-hybridized carbons (Fsp3) is 0.409. The third-order valence-corrected chi connectivity index (χ3v) is 5.85. The topological polar surface area (TPSA) is 69.3 Å². The number of carbonyl (C=O) groups excluding carboxylic acids is 2. The average molecular weight is 378 g/mol. The summed E-state index contributed by atoms with van der Waals surface area (Å²) in [6, 6.07) is 11.9. The molecule has 2 amide bonds. The number of allylic oxidation sites excluding steroid dienone is 1. The van der Waals surface area contributed by atoms with Crippen LogP contribution in [0.2, 0.25) is 0 Å². The van der Waals surface area contributed by atoms with Gasteiger partial charge in [0.25, 0.3) is 5.91 Å². The molecule has 1 aromatic heterocycles. The number of carbonyl (C=O) groups is 2. The Balaban J connectivity index is 1.39. The lowest BCUT2D eigenvalue weighted by Gasteiger charge is -2.36. The summed E-state index contributed by atoms with van der Waals surface area (Å²) in [7, 11) is 0. The number of aromatic amines is 1. The average Bonchev–Trinajstić information content (AvgIpc) is 3.22. The molecule has 2 aromatic rings. The lowest BCUT2D eigenvalue weighted by Crippen LogP contribution is -2.44. The summed E-state index contributed by atoms with van der Waals surface area (Å²) in [6.45, 7) is 2.70. The van der Waals surface area contributed by atoms with Crippen molar-refractivity contribution < 1.29 is 9.59 Å². The van der Waals surface area contributed by atoms with Gasteiger partial charge < -0.3 is 9.80 Å². The van der Waals surface area contributed by atoms with E-state index in [9.17, 15) is 9.59 Å². The van der Waals surface area contributed by atoms with E-state index >= 15 is 0 Å². The minimum Gasteiger partial charge on any atom is -0.337 e. The van der Waals surface area contributed by atoms with Crippen LogP contribution in [0.15, 0.2) is 54.7 Å². The van der Waals surface area contributed by atoms with Crippen molar-refractivity contribution in [3.05, 3.63) is 66.0 Å². The first-order chi connectivity index (χ1) is 13.7. The van der Waals surface area contributed by atoms with E-state index in [0.717, 1.165) is 24.8 Å². The van der Waals surface area contributed by atoms with Gasteiger partial charge in [0.1, 0.15) is 5.69 Å². The summed E-state index contributed by atoms with van der Waals surface area (Å²) < 4.78 is 0. The molecular formula is C22H26N4O2. The van der Waals surface area contributed by atoms with Gasteiger partial charge in [-0.15, -0.1) is 0 Å². The molecule has 1 fully saturated rings. The second kappa shape index (κ2) is 8.42. The minimum atomic E-state index is -0.00579. The zero-order valence-corrected chi connectivity index (χ0v) is 16.0. The molecule has 1 atom stereocenters.